The number of nitrogens with one attached hydrogen (secondary N) is 2. The van der Waals surface area contributed by atoms with Crippen LogP contribution in [-0.2, 0) is 14.8 Å². The van der Waals surface area contributed by atoms with Gasteiger partial charge in [-0.3, -0.25) is 4.72 Å². The lowest BCUT2D eigenvalue weighted by molar-refractivity contribution is 0.0601. The monoisotopic (exact) mass is 382 g/mol. The molecule has 0 aliphatic heterocycles. The summed E-state index contributed by atoms with van der Waals surface area (Å²) in [5, 5.41) is 3.18. The van der Waals surface area contributed by atoms with Crippen molar-refractivity contribution in [2.45, 2.75) is 4.90 Å². The predicted octanol–water partition coefficient (Wildman–Crippen LogP) is 4.02. The number of esters is 1. The normalized spacial score (nSPS) is 10.9. The third-order valence-electron chi connectivity index (χ3n) is 3.79. The Balaban J connectivity index is 1.68. The summed E-state index contributed by atoms with van der Waals surface area (Å²) < 4.78 is 31.9. The maximum absolute atomic E-state index is 12.3. The van der Waals surface area contributed by atoms with Crippen molar-refractivity contribution < 1.29 is 17.9 Å². The summed E-state index contributed by atoms with van der Waals surface area (Å²) in [7, 11) is -2.28. The number of hydrogen-bond donors (Lipinski definition) is 2. The minimum absolute atomic E-state index is 0.206. The van der Waals surface area contributed by atoms with E-state index in [0.29, 0.717) is 11.3 Å². The number of benzene rings is 3. The Kier molecular flexibility index (Phi) is 5.42. The number of methoxy groups -OCH3 is 1. The van der Waals surface area contributed by atoms with Gasteiger partial charge < -0.3 is 10.1 Å². The first-order chi connectivity index (χ1) is 13.0. The smallest absolute Gasteiger partial charge is 0.337 e. The van der Waals surface area contributed by atoms with E-state index in [4.69, 9.17) is 0 Å². The molecule has 3 aromatic carbocycles. The van der Waals surface area contributed by atoms with Crippen LogP contribution in [0.5, 0.6) is 0 Å². The molecule has 7 heteroatoms. The van der Waals surface area contributed by atoms with Crippen molar-refractivity contribution >= 4 is 33.1 Å². The second-order valence-electron chi connectivity index (χ2n) is 5.69. The molecule has 0 aromatic heterocycles. The third kappa shape index (κ3) is 4.65. The Morgan fingerprint density at radius 2 is 1.30 bits per heavy atom. The number of carbonyl (C=O) groups is 1. The Morgan fingerprint density at radius 1 is 0.778 bits per heavy atom. The molecule has 27 heavy (non-hydrogen) atoms. The molecule has 0 saturated heterocycles. The largest absolute Gasteiger partial charge is 0.465 e. The second-order valence-corrected chi connectivity index (χ2v) is 7.37. The molecule has 6 nitrogen and oxygen atoms in total. The Hall–Kier alpha value is -3.32. The quantitative estimate of drug-likeness (QED) is 0.629. The van der Waals surface area contributed by atoms with E-state index in [1.807, 2.05) is 0 Å². The van der Waals surface area contributed by atoms with Gasteiger partial charge in [0, 0.05) is 17.1 Å². The van der Waals surface area contributed by atoms with Gasteiger partial charge in [0.2, 0.25) is 0 Å². The molecule has 0 aliphatic rings. The highest BCUT2D eigenvalue weighted by Crippen LogP contribution is 2.21. The topological polar surface area (TPSA) is 84.5 Å². The average molecular weight is 382 g/mol. The number of sulfonamides is 1. The van der Waals surface area contributed by atoms with Crippen LogP contribution in [0.4, 0.5) is 17.1 Å². The first kappa shape index (κ1) is 18.5. The van der Waals surface area contributed by atoms with Crippen molar-refractivity contribution in [3.8, 4) is 0 Å². The van der Waals surface area contributed by atoms with E-state index in [1.54, 1.807) is 66.7 Å². The molecule has 0 heterocycles. The van der Waals surface area contributed by atoms with Crippen LogP contribution in [0.1, 0.15) is 10.4 Å². The maximum atomic E-state index is 12.3. The third-order valence-corrected chi connectivity index (χ3v) is 5.18. The molecule has 2 N–H and O–H groups in total. The summed E-state index contributed by atoms with van der Waals surface area (Å²) in [5.41, 5.74) is 2.50. The van der Waals surface area contributed by atoms with Gasteiger partial charge >= 0.3 is 5.97 Å². The van der Waals surface area contributed by atoms with E-state index >= 15 is 0 Å². The fourth-order valence-corrected chi connectivity index (χ4v) is 3.49. The Bertz CT molecular complexity index is 1020. The first-order valence-corrected chi connectivity index (χ1v) is 9.59. The minimum atomic E-state index is -3.61. The summed E-state index contributed by atoms with van der Waals surface area (Å²) in [6.07, 6.45) is 0. The highest BCUT2D eigenvalue weighted by atomic mass is 32.2. The Morgan fingerprint density at radius 3 is 1.85 bits per heavy atom. The van der Waals surface area contributed by atoms with Crippen molar-refractivity contribution in [2.75, 3.05) is 17.1 Å². The predicted molar refractivity (Wildman–Crippen MR) is 105 cm³/mol. The van der Waals surface area contributed by atoms with Crippen molar-refractivity contribution in [1.82, 2.24) is 0 Å². The van der Waals surface area contributed by atoms with Crippen molar-refractivity contribution in [2.24, 2.45) is 0 Å². The molecule has 0 bridgehead atoms. The molecule has 0 fully saturated rings. The van der Waals surface area contributed by atoms with E-state index in [0.717, 1.165) is 11.4 Å². The zero-order valence-electron chi connectivity index (χ0n) is 14.5. The molecule has 3 rings (SSSR count). The summed E-state index contributed by atoms with van der Waals surface area (Å²) >= 11 is 0. The summed E-state index contributed by atoms with van der Waals surface area (Å²) in [6, 6.07) is 21.9. The minimum Gasteiger partial charge on any atom is -0.465 e. The molecule has 0 spiro atoms. The lowest BCUT2D eigenvalue weighted by atomic mass is 10.2. The molecule has 0 aliphatic carbocycles. The van der Waals surface area contributed by atoms with Gasteiger partial charge in [-0.15, -0.1) is 0 Å². The van der Waals surface area contributed by atoms with E-state index in [1.165, 1.54) is 19.2 Å². The van der Waals surface area contributed by atoms with E-state index in [2.05, 4.69) is 14.8 Å². The molecule has 0 atom stereocenters. The lowest BCUT2D eigenvalue weighted by Crippen LogP contribution is -2.12. The van der Waals surface area contributed by atoms with Crippen LogP contribution in [0, 0.1) is 0 Å². The standard InChI is InChI=1S/C20H18N2O4S/c1-26-20(23)15-7-9-16(10-8-15)21-17-11-13-18(14-12-17)22-27(24,25)19-5-3-2-4-6-19/h2-14,21-22H,1H3. The van der Waals surface area contributed by atoms with E-state index in [-0.39, 0.29) is 4.90 Å². The fourth-order valence-electron chi connectivity index (χ4n) is 2.41. The van der Waals surface area contributed by atoms with Crippen LogP contribution in [0.2, 0.25) is 0 Å². The lowest BCUT2D eigenvalue weighted by Gasteiger charge is -2.10. The molecule has 0 saturated carbocycles. The molecular weight excluding hydrogens is 364 g/mol. The summed E-state index contributed by atoms with van der Waals surface area (Å²) in [4.78, 5) is 11.6. The molecule has 0 amide bonds. The second kappa shape index (κ2) is 7.92. The van der Waals surface area contributed by atoms with Crippen LogP contribution in [0.25, 0.3) is 0 Å². The molecule has 3 aromatic rings. The van der Waals surface area contributed by atoms with Gasteiger partial charge in [-0.2, -0.15) is 0 Å². The number of rotatable bonds is 6. The van der Waals surface area contributed by atoms with Gasteiger partial charge in [0.25, 0.3) is 10.0 Å². The summed E-state index contributed by atoms with van der Waals surface area (Å²) in [6.45, 7) is 0. The van der Waals surface area contributed by atoms with Crippen molar-refractivity contribution in [3.63, 3.8) is 0 Å². The fraction of sp³-hybridized carbons (Fsp3) is 0.0500. The van der Waals surface area contributed by atoms with Gasteiger partial charge in [-0.05, 0) is 60.7 Å². The molecule has 0 unspecified atom stereocenters. The first-order valence-electron chi connectivity index (χ1n) is 8.11. The van der Waals surface area contributed by atoms with Crippen LogP contribution in [0.15, 0.2) is 83.8 Å². The molecular formula is C20H18N2O4S. The van der Waals surface area contributed by atoms with E-state index in [9.17, 15) is 13.2 Å². The van der Waals surface area contributed by atoms with Crippen molar-refractivity contribution in [3.05, 3.63) is 84.4 Å². The number of anilines is 3. The van der Waals surface area contributed by atoms with Gasteiger partial charge in [0.05, 0.1) is 17.6 Å². The average Bonchev–Trinajstić information content (AvgIpc) is 2.70. The van der Waals surface area contributed by atoms with Crippen molar-refractivity contribution in [1.29, 1.82) is 0 Å². The highest BCUT2D eigenvalue weighted by molar-refractivity contribution is 7.92. The molecule has 0 radical (unpaired) electrons. The van der Waals surface area contributed by atoms with Crippen LogP contribution in [0.3, 0.4) is 0 Å². The van der Waals surface area contributed by atoms with Crippen LogP contribution < -0.4 is 10.0 Å². The van der Waals surface area contributed by atoms with Gasteiger partial charge in [-0.25, -0.2) is 13.2 Å². The summed E-state index contributed by atoms with van der Waals surface area (Å²) in [5.74, 6) is -0.392. The zero-order valence-corrected chi connectivity index (χ0v) is 15.4. The maximum Gasteiger partial charge on any atom is 0.337 e. The van der Waals surface area contributed by atoms with Gasteiger partial charge in [-0.1, -0.05) is 18.2 Å². The van der Waals surface area contributed by atoms with E-state index < -0.39 is 16.0 Å². The van der Waals surface area contributed by atoms with Gasteiger partial charge in [0.15, 0.2) is 0 Å². The van der Waals surface area contributed by atoms with Crippen LogP contribution >= 0.6 is 0 Å². The van der Waals surface area contributed by atoms with Gasteiger partial charge in [0.1, 0.15) is 0 Å². The number of hydrogen-bond acceptors (Lipinski definition) is 5. The van der Waals surface area contributed by atoms with Crippen LogP contribution in [-0.4, -0.2) is 21.5 Å². The number of ether oxygens (including phenoxy) is 1. The number of carbonyl (C=O) groups excluding carboxylic acids is 1. The Labute approximate surface area is 157 Å². The molecule has 138 valence electrons. The highest BCUT2D eigenvalue weighted by Gasteiger charge is 2.13. The zero-order chi connectivity index (χ0) is 19.3. The SMILES string of the molecule is COC(=O)c1ccc(Nc2ccc(NS(=O)(=O)c3ccccc3)cc2)cc1.